The van der Waals surface area contributed by atoms with Crippen molar-refractivity contribution in [2.75, 3.05) is 0 Å². The molecule has 2 bridgehead atoms. The highest BCUT2D eigenvalue weighted by atomic mass is 14.4. The summed E-state index contributed by atoms with van der Waals surface area (Å²) < 4.78 is 0. The molecule has 0 N–H and O–H groups in total. The van der Waals surface area contributed by atoms with Gasteiger partial charge in [-0.15, -0.1) is 0 Å². The maximum atomic E-state index is 3.10. The lowest BCUT2D eigenvalue weighted by Gasteiger charge is -2.21. The Balaban J connectivity index is 1.87. The van der Waals surface area contributed by atoms with Crippen LogP contribution in [0.4, 0.5) is 0 Å². The van der Waals surface area contributed by atoms with Crippen LogP contribution in [0.15, 0.2) is 24.3 Å². The van der Waals surface area contributed by atoms with Crippen LogP contribution in [0, 0.1) is 17.9 Å². The fraction of sp³-hybridized carbons (Fsp3) is 0.538. The molecule has 0 amide bonds. The van der Waals surface area contributed by atoms with E-state index in [-0.39, 0.29) is 0 Å². The highest BCUT2D eigenvalue weighted by Gasteiger charge is 2.39. The summed E-state index contributed by atoms with van der Waals surface area (Å²) in [5, 5.41) is 0. The van der Waals surface area contributed by atoms with Crippen LogP contribution in [0.2, 0.25) is 0 Å². The first kappa shape index (κ1) is 7.61. The van der Waals surface area contributed by atoms with Gasteiger partial charge in [0, 0.05) is 0 Å². The zero-order chi connectivity index (χ0) is 8.67. The molecule has 0 saturated heterocycles. The molecule has 0 aromatic heterocycles. The van der Waals surface area contributed by atoms with Crippen molar-refractivity contribution in [3.63, 3.8) is 0 Å². The Bertz CT molecular complexity index is 288. The first-order chi connectivity index (χ1) is 6.43. The van der Waals surface area contributed by atoms with Crippen molar-refractivity contribution in [3.8, 4) is 0 Å². The van der Waals surface area contributed by atoms with Gasteiger partial charge >= 0.3 is 0 Å². The third-order valence-corrected chi connectivity index (χ3v) is 3.91. The van der Waals surface area contributed by atoms with Gasteiger partial charge < -0.3 is 0 Å². The molecular formula is C13H15. The maximum Gasteiger partial charge on any atom is -0.0131 e. The van der Waals surface area contributed by atoms with Gasteiger partial charge in [0.1, 0.15) is 0 Å². The monoisotopic (exact) mass is 171 g/mol. The van der Waals surface area contributed by atoms with E-state index >= 15 is 0 Å². The number of hydrogen-bond acceptors (Lipinski definition) is 0. The molecule has 2 saturated carbocycles. The van der Waals surface area contributed by atoms with Gasteiger partial charge in [0.15, 0.2) is 0 Å². The molecule has 0 heterocycles. The highest BCUT2D eigenvalue weighted by molar-refractivity contribution is 5.22. The van der Waals surface area contributed by atoms with Gasteiger partial charge in [-0.1, -0.05) is 30.7 Å². The van der Waals surface area contributed by atoms with Gasteiger partial charge in [0.25, 0.3) is 0 Å². The second kappa shape index (κ2) is 2.87. The second-order valence-corrected chi connectivity index (χ2v) is 4.61. The molecule has 0 nitrogen and oxygen atoms in total. The second-order valence-electron chi connectivity index (χ2n) is 4.61. The summed E-state index contributed by atoms with van der Waals surface area (Å²) in [5.41, 5.74) is 1.56. The lowest BCUT2D eigenvalue weighted by atomic mass is 9.84. The first-order valence-corrected chi connectivity index (χ1v) is 5.39. The molecule has 1 aromatic rings. The van der Waals surface area contributed by atoms with E-state index in [1.54, 1.807) is 5.56 Å². The van der Waals surface area contributed by atoms with Gasteiger partial charge in [-0.25, -0.2) is 0 Å². The molecule has 13 heavy (non-hydrogen) atoms. The van der Waals surface area contributed by atoms with Gasteiger partial charge in [0.05, 0.1) is 0 Å². The van der Waals surface area contributed by atoms with Crippen LogP contribution in [-0.2, 0) is 0 Å². The number of fused-ring (bicyclic) bond motifs is 2. The lowest BCUT2D eigenvalue weighted by molar-refractivity contribution is 0.420. The predicted octanol–water partition coefficient (Wildman–Crippen LogP) is 3.39. The normalized spacial score (nSPS) is 36.8. The molecule has 0 spiro atoms. The smallest absolute Gasteiger partial charge is 0.0131 e. The van der Waals surface area contributed by atoms with Gasteiger partial charge in [0.2, 0.25) is 0 Å². The highest BCUT2D eigenvalue weighted by Crippen LogP contribution is 2.52. The summed E-state index contributed by atoms with van der Waals surface area (Å²) in [6.07, 6.45) is 5.94. The molecular weight excluding hydrogens is 156 g/mol. The zero-order valence-electron chi connectivity index (χ0n) is 7.87. The summed E-state index contributed by atoms with van der Waals surface area (Å²) >= 11 is 0. The number of benzene rings is 1. The quantitative estimate of drug-likeness (QED) is 0.607. The minimum atomic E-state index is 0.883. The fourth-order valence-electron chi connectivity index (χ4n) is 3.30. The Morgan fingerprint density at radius 1 is 1.08 bits per heavy atom. The van der Waals surface area contributed by atoms with E-state index in [4.69, 9.17) is 0 Å². The summed E-state index contributed by atoms with van der Waals surface area (Å²) in [7, 11) is 0. The molecule has 0 heteroatoms. The Labute approximate surface area is 80.0 Å². The third kappa shape index (κ3) is 1.20. The van der Waals surface area contributed by atoms with Crippen LogP contribution < -0.4 is 0 Å². The SMILES string of the molecule is [c]1ccc(C2CC3CCC2C3)cc1. The Morgan fingerprint density at radius 3 is 2.54 bits per heavy atom. The summed E-state index contributed by atoms with van der Waals surface area (Å²) in [6, 6.07) is 11.7. The van der Waals surface area contributed by atoms with Gasteiger partial charge in [-0.2, -0.15) is 0 Å². The largest absolute Gasteiger partial charge is 0.0581 e. The van der Waals surface area contributed by atoms with E-state index in [1.165, 1.54) is 25.7 Å². The average Bonchev–Trinajstić information content (AvgIpc) is 2.80. The van der Waals surface area contributed by atoms with Gasteiger partial charge in [-0.3, -0.25) is 0 Å². The minimum absolute atomic E-state index is 0.883. The van der Waals surface area contributed by atoms with E-state index < -0.39 is 0 Å². The predicted molar refractivity (Wildman–Crippen MR) is 53.5 cm³/mol. The first-order valence-electron chi connectivity index (χ1n) is 5.39. The van der Waals surface area contributed by atoms with E-state index in [9.17, 15) is 0 Å². The molecule has 2 aliphatic rings. The lowest BCUT2D eigenvalue weighted by Crippen LogP contribution is -2.07. The summed E-state index contributed by atoms with van der Waals surface area (Å²) in [6.45, 7) is 0. The average molecular weight is 171 g/mol. The fourth-order valence-corrected chi connectivity index (χ4v) is 3.30. The summed E-state index contributed by atoms with van der Waals surface area (Å²) in [4.78, 5) is 0. The van der Waals surface area contributed by atoms with Crippen LogP contribution in [0.25, 0.3) is 0 Å². The molecule has 3 rings (SSSR count). The summed E-state index contributed by atoms with van der Waals surface area (Å²) in [5.74, 6) is 2.94. The van der Waals surface area contributed by atoms with E-state index in [2.05, 4.69) is 30.3 Å². The molecule has 2 fully saturated rings. The van der Waals surface area contributed by atoms with Gasteiger partial charge in [-0.05, 0) is 48.6 Å². The standard InChI is InChI=1S/C13H15/c1-2-4-11(5-3-1)13-9-10-6-7-12(13)8-10/h2-5,10,12-13H,6-9H2. The Hall–Kier alpha value is -0.780. The Kier molecular flexibility index (Phi) is 1.68. The molecule has 2 aliphatic carbocycles. The molecule has 0 aliphatic heterocycles. The molecule has 1 aromatic carbocycles. The van der Waals surface area contributed by atoms with Crippen molar-refractivity contribution in [2.24, 2.45) is 11.8 Å². The third-order valence-electron chi connectivity index (χ3n) is 3.91. The van der Waals surface area contributed by atoms with Crippen LogP contribution >= 0.6 is 0 Å². The van der Waals surface area contributed by atoms with Crippen LogP contribution in [0.3, 0.4) is 0 Å². The van der Waals surface area contributed by atoms with Crippen LogP contribution in [0.5, 0.6) is 0 Å². The van der Waals surface area contributed by atoms with Crippen LogP contribution in [0.1, 0.15) is 37.2 Å². The van der Waals surface area contributed by atoms with E-state index in [0.717, 1.165) is 17.8 Å². The van der Waals surface area contributed by atoms with Crippen molar-refractivity contribution in [1.29, 1.82) is 0 Å². The van der Waals surface area contributed by atoms with Crippen molar-refractivity contribution in [3.05, 3.63) is 35.9 Å². The number of rotatable bonds is 1. The molecule has 1 radical (unpaired) electrons. The molecule has 3 atom stereocenters. The number of hydrogen-bond donors (Lipinski definition) is 0. The van der Waals surface area contributed by atoms with Crippen molar-refractivity contribution in [2.45, 2.75) is 31.6 Å². The topological polar surface area (TPSA) is 0 Å². The maximum absolute atomic E-state index is 3.10. The van der Waals surface area contributed by atoms with Crippen molar-refractivity contribution < 1.29 is 0 Å². The zero-order valence-corrected chi connectivity index (χ0v) is 7.87. The minimum Gasteiger partial charge on any atom is -0.0581 e. The molecule has 3 unspecified atom stereocenters. The van der Waals surface area contributed by atoms with E-state index in [1.807, 2.05) is 0 Å². The van der Waals surface area contributed by atoms with Crippen molar-refractivity contribution >= 4 is 0 Å². The van der Waals surface area contributed by atoms with Crippen LogP contribution in [-0.4, -0.2) is 0 Å². The molecule has 67 valence electrons. The Morgan fingerprint density at radius 2 is 1.92 bits per heavy atom. The van der Waals surface area contributed by atoms with Crippen molar-refractivity contribution in [1.82, 2.24) is 0 Å². The van der Waals surface area contributed by atoms with E-state index in [0.29, 0.717) is 0 Å².